The number of nitrogens with one attached hydrogen (secondary N) is 2. The molecule has 1 atom stereocenters. The van der Waals surface area contributed by atoms with E-state index in [1.807, 2.05) is 25.1 Å². The van der Waals surface area contributed by atoms with Crippen molar-refractivity contribution in [3.05, 3.63) is 54.1 Å². The number of anilines is 1. The van der Waals surface area contributed by atoms with Gasteiger partial charge in [-0.05, 0) is 55.8 Å². The maximum atomic E-state index is 12.4. The smallest absolute Gasteiger partial charge is 0.324 e. The fourth-order valence-electron chi connectivity index (χ4n) is 2.40. The van der Waals surface area contributed by atoms with Crippen LogP contribution < -0.4 is 14.8 Å². The Bertz CT molecular complexity index is 957. The normalized spacial score (nSPS) is 12.1. The first-order valence-electron chi connectivity index (χ1n) is 8.93. The van der Waals surface area contributed by atoms with E-state index in [0.29, 0.717) is 11.4 Å². The lowest BCUT2D eigenvalue weighted by Crippen LogP contribution is -2.39. The molecule has 0 fully saturated rings. The second-order valence-corrected chi connectivity index (χ2v) is 8.09. The molecule has 0 aliphatic rings. The molecule has 29 heavy (non-hydrogen) atoms. The molecule has 2 aromatic rings. The van der Waals surface area contributed by atoms with Crippen molar-refractivity contribution in [2.24, 2.45) is 0 Å². The second-order valence-electron chi connectivity index (χ2n) is 6.38. The topological polar surface area (TPSA) is 111 Å². The molecule has 0 heterocycles. The first-order chi connectivity index (χ1) is 13.7. The number of ether oxygens (including phenoxy) is 2. The van der Waals surface area contributed by atoms with E-state index in [0.717, 1.165) is 5.56 Å². The summed E-state index contributed by atoms with van der Waals surface area (Å²) >= 11 is 0. The van der Waals surface area contributed by atoms with Crippen molar-refractivity contribution in [3.8, 4) is 5.75 Å². The Labute approximate surface area is 170 Å². The van der Waals surface area contributed by atoms with E-state index < -0.39 is 22.0 Å². The van der Waals surface area contributed by atoms with Gasteiger partial charge in [0.05, 0.1) is 4.90 Å². The summed E-state index contributed by atoms with van der Waals surface area (Å²) in [4.78, 5) is 23.0. The predicted octanol–water partition coefficient (Wildman–Crippen LogP) is 2.24. The number of hydrogen-bond acceptors (Lipinski definition) is 6. The van der Waals surface area contributed by atoms with Gasteiger partial charge in [-0.3, -0.25) is 9.59 Å². The van der Waals surface area contributed by atoms with Gasteiger partial charge in [-0.1, -0.05) is 12.1 Å². The number of amides is 1. The highest BCUT2D eigenvalue weighted by atomic mass is 32.2. The highest BCUT2D eigenvalue weighted by molar-refractivity contribution is 7.89. The van der Waals surface area contributed by atoms with Crippen LogP contribution in [0.2, 0.25) is 0 Å². The minimum absolute atomic E-state index is 0.00967. The third kappa shape index (κ3) is 7.20. The molecule has 0 aromatic heterocycles. The summed E-state index contributed by atoms with van der Waals surface area (Å²) in [5.74, 6) is -0.310. The quantitative estimate of drug-likeness (QED) is 0.475. The maximum Gasteiger partial charge on any atom is 0.324 e. The van der Waals surface area contributed by atoms with Crippen LogP contribution >= 0.6 is 0 Å². The maximum absolute atomic E-state index is 12.4. The molecule has 2 aromatic carbocycles. The molecule has 0 saturated carbocycles. The molecule has 0 unspecified atom stereocenters. The number of carbonyl (C=O) groups excluding carboxylic acids is 2. The van der Waals surface area contributed by atoms with E-state index >= 15 is 0 Å². The van der Waals surface area contributed by atoms with E-state index in [2.05, 4.69) is 10.0 Å². The number of hydrogen-bond donors (Lipinski definition) is 2. The zero-order valence-electron chi connectivity index (χ0n) is 16.5. The minimum atomic E-state index is -3.92. The summed E-state index contributed by atoms with van der Waals surface area (Å²) in [6.07, 6.45) is 0. The molecule has 9 heteroatoms. The lowest BCUT2D eigenvalue weighted by Gasteiger charge is -2.14. The lowest BCUT2D eigenvalue weighted by molar-refractivity contribution is -0.145. The number of esters is 1. The monoisotopic (exact) mass is 420 g/mol. The van der Waals surface area contributed by atoms with Gasteiger partial charge in [0, 0.05) is 12.6 Å². The Kier molecular flexibility index (Phi) is 7.74. The Hall–Kier alpha value is -2.91. The van der Waals surface area contributed by atoms with Crippen LogP contribution in [0.1, 0.15) is 19.4 Å². The molecule has 0 bridgehead atoms. The third-order valence-electron chi connectivity index (χ3n) is 3.76. The number of benzene rings is 2. The lowest BCUT2D eigenvalue weighted by atomic mass is 10.2. The SMILES string of the molecule is CC(=O)Nc1ccc(S(=O)(=O)N[C@@H](C)C(=O)OCCOc2cccc(C)c2)cc1. The summed E-state index contributed by atoms with van der Waals surface area (Å²) in [6.45, 7) is 4.83. The van der Waals surface area contributed by atoms with Crippen LogP contribution in [0.15, 0.2) is 53.4 Å². The van der Waals surface area contributed by atoms with Gasteiger partial charge in [0.15, 0.2) is 0 Å². The van der Waals surface area contributed by atoms with Crippen molar-refractivity contribution in [2.75, 3.05) is 18.5 Å². The molecule has 156 valence electrons. The van der Waals surface area contributed by atoms with E-state index in [4.69, 9.17) is 9.47 Å². The van der Waals surface area contributed by atoms with Crippen molar-refractivity contribution >= 4 is 27.6 Å². The summed E-state index contributed by atoms with van der Waals surface area (Å²) in [5.41, 5.74) is 1.52. The molecular formula is C20H24N2O6S. The van der Waals surface area contributed by atoms with Crippen LogP contribution in [-0.4, -0.2) is 39.5 Å². The number of sulfonamides is 1. The number of aryl methyl sites for hydroxylation is 1. The van der Waals surface area contributed by atoms with Gasteiger partial charge in [0.25, 0.3) is 0 Å². The van der Waals surface area contributed by atoms with Crippen molar-refractivity contribution < 1.29 is 27.5 Å². The molecule has 0 aliphatic heterocycles. The zero-order valence-corrected chi connectivity index (χ0v) is 17.3. The molecule has 0 spiro atoms. The number of carbonyl (C=O) groups is 2. The van der Waals surface area contributed by atoms with Crippen LogP contribution in [0.25, 0.3) is 0 Å². The molecule has 8 nitrogen and oxygen atoms in total. The minimum Gasteiger partial charge on any atom is -0.490 e. The first-order valence-corrected chi connectivity index (χ1v) is 10.4. The Morgan fingerprint density at radius 1 is 1.07 bits per heavy atom. The van der Waals surface area contributed by atoms with Crippen molar-refractivity contribution in [1.29, 1.82) is 0 Å². The average molecular weight is 420 g/mol. The van der Waals surface area contributed by atoms with Crippen molar-refractivity contribution in [2.45, 2.75) is 31.7 Å². The van der Waals surface area contributed by atoms with Crippen LogP contribution in [0.3, 0.4) is 0 Å². The van der Waals surface area contributed by atoms with Gasteiger partial charge in [0.2, 0.25) is 15.9 Å². The van der Waals surface area contributed by atoms with Gasteiger partial charge < -0.3 is 14.8 Å². The van der Waals surface area contributed by atoms with Gasteiger partial charge in [0.1, 0.15) is 25.0 Å². The van der Waals surface area contributed by atoms with Crippen LogP contribution in [-0.2, 0) is 24.3 Å². The molecule has 0 aliphatic carbocycles. The highest BCUT2D eigenvalue weighted by Gasteiger charge is 2.23. The molecular weight excluding hydrogens is 396 g/mol. The van der Waals surface area contributed by atoms with E-state index in [1.54, 1.807) is 6.07 Å². The summed E-state index contributed by atoms with van der Waals surface area (Å²) in [6, 6.07) is 12.0. The largest absolute Gasteiger partial charge is 0.490 e. The predicted molar refractivity (Wildman–Crippen MR) is 108 cm³/mol. The Morgan fingerprint density at radius 2 is 1.76 bits per heavy atom. The zero-order chi connectivity index (χ0) is 21.4. The molecule has 0 radical (unpaired) electrons. The van der Waals surface area contributed by atoms with Crippen LogP contribution in [0.4, 0.5) is 5.69 Å². The van der Waals surface area contributed by atoms with E-state index in [-0.39, 0.29) is 24.0 Å². The van der Waals surface area contributed by atoms with Gasteiger partial charge in [-0.25, -0.2) is 8.42 Å². The number of rotatable bonds is 9. The van der Waals surface area contributed by atoms with Crippen molar-refractivity contribution in [1.82, 2.24) is 4.72 Å². The Balaban J connectivity index is 1.83. The highest BCUT2D eigenvalue weighted by Crippen LogP contribution is 2.15. The summed E-state index contributed by atoms with van der Waals surface area (Å²) in [7, 11) is -3.92. The Morgan fingerprint density at radius 3 is 2.38 bits per heavy atom. The average Bonchev–Trinajstić information content (AvgIpc) is 2.64. The standard InChI is InChI=1S/C20H24N2O6S/c1-14-5-4-6-18(13-14)27-11-12-28-20(24)15(2)22-29(25,26)19-9-7-17(8-10-19)21-16(3)23/h4-10,13,15,22H,11-12H2,1-3H3,(H,21,23)/t15-/m0/s1. The molecule has 1 amide bonds. The van der Waals surface area contributed by atoms with Gasteiger partial charge in [-0.15, -0.1) is 0 Å². The summed E-state index contributed by atoms with van der Waals surface area (Å²) in [5, 5.41) is 2.55. The first kappa shape index (κ1) is 22.4. The van der Waals surface area contributed by atoms with E-state index in [1.165, 1.54) is 38.1 Å². The van der Waals surface area contributed by atoms with Gasteiger partial charge >= 0.3 is 5.97 Å². The van der Waals surface area contributed by atoms with E-state index in [9.17, 15) is 18.0 Å². The van der Waals surface area contributed by atoms with Crippen LogP contribution in [0, 0.1) is 6.92 Å². The van der Waals surface area contributed by atoms with Crippen LogP contribution in [0.5, 0.6) is 5.75 Å². The fourth-order valence-corrected chi connectivity index (χ4v) is 3.59. The molecule has 2 N–H and O–H groups in total. The summed E-state index contributed by atoms with van der Waals surface area (Å²) < 4.78 is 37.6. The molecule has 2 rings (SSSR count). The van der Waals surface area contributed by atoms with Crippen molar-refractivity contribution in [3.63, 3.8) is 0 Å². The third-order valence-corrected chi connectivity index (χ3v) is 5.31. The second kappa shape index (κ2) is 10.0. The molecule has 0 saturated heterocycles. The van der Waals surface area contributed by atoms with Gasteiger partial charge in [-0.2, -0.15) is 4.72 Å². The fraction of sp³-hybridized carbons (Fsp3) is 0.300.